The van der Waals surface area contributed by atoms with Crippen LogP contribution in [-0.4, -0.2) is 23.2 Å². The zero-order valence-corrected chi connectivity index (χ0v) is 10.8. The van der Waals surface area contributed by atoms with Gasteiger partial charge in [-0.25, -0.2) is 0 Å². The van der Waals surface area contributed by atoms with E-state index in [-0.39, 0.29) is 12.3 Å². The predicted molar refractivity (Wildman–Crippen MR) is 70.6 cm³/mol. The Morgan fingerprint density at radius 3 is 2.75 bits per heavy atom. The maximum Gasteiger partial charge on any atom is 0.270 e. The molecule has 0 aliphatic carbocycles. The minimum Gasteiger partial charge on any atom is -0.396 e. The molecule has 5 nitrogen and oxygen atoms in total. The molecule has 0 heterocycles. The highest BCUT2D eigenvalue weighted by atomic mass is 127. The Kier molecular flexibility index (Phi) is 5.47. The first-order valence-corrected chi connectivity index (χ1v) is 6.01. The van der Waals surface area contributed by atoms with Gasteiger partial charge in [-0.15, -0.1) is 0 Å². The normalized spacial score (nSPS) is 10.1. The molecule has 0 saturated carbocycles. The van der Waals surface area contributed by atoms with Crippen LogP contribution in [0.25, 0.3) is 0 Å². The number of unbranched alkanes of at least 4 members (excludes halogenated alkanes) is 1. The van der Waals surface area contributed by atoms with Crippen LogP contribution in [0.1, 0.15) is 12.8 Å². The number of nitro benzene ring substituents is 1. The first-order chi connectivity index (χ1) is 7.65. The topological polar surface area (TPSA) is 75.4 Å². The van der Waals surface area contributed by atoms with Crippen LogP contribution in [0.3, 0.4) is 0 Å². The fraction of sp³-hybridized carbons (Fsp3) is 0.400. The molecule has 0 saturated heterocycles. The second kappa shape index (κ2) is 6.64. The van der Waals surface area contributed by atoms with Crippen molar-refractivity contribution < 1.29 is 10.0 Å². The van der Waals surface area contributed by atoms with Gasteiger partial charge in [-0.3, -0.25) is 10.1 Å². The molecule has 1 rings (SSSR count). The number of nitrogens with zero attached hydrogens (tertiary/aromatic N) is 1. The van der Waals surface area contributed by atoms with Gasteiger partial charge in [0, 0.05) is 34.5 Å². The summed E-state index contributed by atoms with van der Waals surface area (Å²) < 4.78 is 0.829. The largest absolute Gasteiger partial charge is 0.396 e. The molecule has 6 heteroatoms. The molecule has 0 bridgehead atoms. The highest BCUT2D eigenvalue weighted by molar-refractivity contribution is 14.1. The third-order valence-electron chi connectivity index (χ3n) is 2.06. The van der Waals surface area contributed by atoms with Crippen LogP contribution in [0, 0.1) is 13.7 Å². The number of halogens is 1. The van der Waals surface area contributed by atoms with E-state index in [1.807, 2.05) is 0 Å². The molecule has 0 spiro atoms. The molecule has 2 N–H and O–H groups in total. The van der Waals surface area contributed by atoms with Crippen molar-refractivity contribution in [1.29, 1.82) is 0 Å². The van der Waals surface area contributed by atoms with Crippen LogP contribution in [0.2, 0.25) is 0 Å². The molecule has 0 amide bonds. The smallest absolute Gasteiger partial charge is 0.270 e. The monoisotopic (exact) mass is 336 g/mol. The van der Waals surface area contributed by atoms with Crippen LogP contribution in [0.5, 0.6) is 0 Å². The standard InChI is InChI=1S/C10H13IN2O3/c11-9-7-8(13(15)16)3-4-10(9)12-5-1-2-6-14/h3-4,7,12,14H,1-2,5-6H2. The Hall–Kier alpha value is -0.890. The first kappa shape index (κ1) is 13.2. The molecule has 0 aliphatic heterocycles. The van der Waals surface area contributed by atoms with Crippen LogP contribution in [0.15, 0.2) is 18.2 Å². The van der Waals surface area contributed by atoms with Crippen molar-refractivity contribution in [3.8, 4) is 0 Å². The van der Waals surface area contributed by atoms with Crippen LogP contribution >= 0.6 is 22.6 Å². The van der Waals surface area contributed by atoms with Gasteiger partial charge in [0.05, 0.1) is 4.92 Å². The Bertz CT molecular complexity index is 371. The molecule has 0 atom stereocenters. The SMILES string of the molecule is O=[N+]([O-])c1ccc(NCCCCO)c(I)c1. The summed E-state index contributed by atoms with van der Waals surface area (Å²) in [7, 11) is 0. The van der Waals surface area contributed by atoms with Gasteiger partial charge in [0.1, 0.15) is 0 Å². The maximum atomic E-state index is 10.5. The van der Waals surface area contributed by atoms with Crippen molar-refractivity contribution in [2.75, 3.05) is 18.5 Å². The lowest BCUT2D eigenvalue weighted by Crippen LogP contribution is -2.04. The summed E-state index contributed by atoms with van der Waals surface area (Å²) in [6.45, 7) is 0.952. The summed E-state index contributed by atoms with van der Waals surface area (Å²) in [6, 6.07) is 4.73. The number of anilines is 1. The van der Waals surface area contributed by atoms with Gasteiger partial charge in [0.25, 0.3) is 5.69 Å². The highest BCUT2D eigenvalue weighted by Crippen LogP contribution is 2.23. The van der Waals surface area contributed by atoms with Crippen molar-refractivity contribution >= 4 is 34.0 Å². The number of rotatable bonds is 6. The van der Waals surface area contributed by atoms with E-state index in [9.17, 15) is 10.1 Å². The number of nitro groups is 1. The number of hydrogen-bond acceptors (Lipinski definition) is 4. The van der Waals surface area contributed by atoms with E-state index in [0.717, 1.165) is 28.6 Å². The summed E-state index contributed by atoms with van der Waals surface area (Å²) in [5.74, 6) is 0. The van der Waals surface area contributed by atoms with Gasteiger partial charge in [-0.05, 0) is 41.5 Å². The molecule has 88 valence electrons. The van der Waals surface area contributed by atoms with Gasteiger partial charge >= 0.3 is 0 Å². The predicted octanol–water partition coefficient (Wildman–Crippen LogP) is 2.38. The van der Waals surface area contributed by atoms with Gasteiger partial charge in [-0.1, -0.05) is 0 Å². The molecule has 0 aromatic heterocycles. The number of aliphatic hydroxyl groups excluding tert-OH is 1. The van der Waals surface area contributed by atoms with Gasteiger partial charge in [0.2, 0.25) is 0 Å². The van der Waals surface area contributed by atoms with Crippen molar-refractivity contribution in [2.45, 2.75) is 12.8 Å². The fourth-order valence-corrected chi connectivity index (χ4v) is 1.91. The van der Waals surface area contributed by atoms with Crippen LogP contribution in [-0.2, 0) is 0 Å². The molecule has 0 radical (unpaired) electrons. The lowest BCUT2D eigenvalue weighted by atomic mass is 10.2. The van der Waals surface area contributed by atoms with E-state index in [1.165, 1.54) is 12.1 Å². The molecule has 0 unspecified atom stereocenters. The molecular weight excluding hydrogens is 323 g/mol. The van der Waals surface area contributed by atoms with Crippen molar-refractivity contribution in [3.05, 3.63) is 31.9 Å². The molecule has 1 aromatic carbocycles. The number of aliphatic hydroxyl groups is 1. The fourth-order valence-electron chi connectivity index (χ4n) is 1.22. The van der Waals surface area contributed by atoms with Crippen LogP contribution in [0.4, 0.5) is 11.4 Å². The molecule has 16 heavy (non-hydrogen) atoms. The number of non-ortho nitro benzene ring substituents is 1. The Morgan fingerprint density at radius 1 is 1.44 bits per heavy atom. The van der Waals surface area contributed by atoms with Crippen molar-refractivity contribution in [2.24, 2.45) is 0 Å². The van der Waals surface area contributed by atoms with E-state index in [2.05, 4.69) is 27.9 Å². The van der Waals surface area contributed by atoms with E-state index in [1.54, 1.807) is 6.07 Å². The minimum absolute atomic E-state index is 0.102. The molecule has 0 fully saturated rings. The molecule has 0 aliphatic rings. The Labute approximate surface area is 107 Å². The molecular formula is C10H13IN2O3. The van der Waals surface area contributed by atoms with Gasteiger partial charge < -0.3 is 10.4 Å². The number of hydrogen-bond donors (Lipinski definition) is 2. The zero-order valence-electron chi connectivity index (χ0n) is 8.65. The third-order valence-corrected chi connectivity index (χ3v) is 2.96. The minimum atomic E-state index is -0.405. The summed E-state index contributed by atoms with van der Waals surface area (Å²) in [5.41, 5.74) is 0.995. The first-order valence-electron chi connectivity index (χ1n) is 4.94. The lowest BCUT2D eigenvalue weighted by molar-refractivity contribution is -0.384. The Balaban J connectivity index is 2.57. The summed E-state index contributed by atoms with van der Waals surface area (Å²) in [5, 5.41) is 22.3. The molecule has 1 aromatic rings. The second-order valence-electron chi connectivity index (χ2n) is 3.28. The van der Waals surface area contributed by atoms with E-state index in [4.69, 9.17) is 5.11 Å². The summed E-state index contributed by atoms with van der Waals surface area (Å²) in [6.07, 6.45) is 1.64. The zero-order chi connectivity index (χ0) is 12.0. The average molecular weight is 336 g/mol. The van der Waals surface area contributed by atoms with E-state index < -0.39 is 4.92 Å². The number of nitrogens with one attached hydrogen (secondary N) is 1. The average Bonchev–Trinajstić information content (AvgIpc) is 2.26. The van der Waals surface area contributed by atoms with Gasteiger partial charge in [-0.2, -0.15) is 0 Å². The van der Waals surface area contributed by atoms with E-state index in [0.29, 0.717) is 0 Å². The maximum absolute atomic E-state index is 10.5. The quantitative estimate of drug-likeness (QED) is 0.362. The Morgan fingerprint density at radius 2 is 2.19 bits per heavy atom. The van der Waals surface area contributed by atoms with Gasteiger partial charge in [0.15, 0.2) is 0 Å². The van der Waals surface area contributed by atoms with Crippen LogP contribution < -0.4 is 5.32 Å². The van der Waals surface area contributed by atoms with Crippen molar-refractivity contribution in [3.63, 3.8) is 0 Å². The van der Waals surface area contributed by atoms with Crippen molar-refractivity contribution in [1.82, 2.24) is 0 Å². The summed E-state index contributed by atoms with van der Waals surface area (Å²) in [4.78, 5) is 10.1. The lowest BCUT2D eigenvalue weighted by Gasteiger charge is -2.07. The number of benzene rings is 1. The second-order valence-corrected chi connectivity index (χ2v) is 4.44. The van der Waals surface area contributed by atoms with E-state index >= 15 is 0 Å². The third kappa shape index (κ3) is 3.93. The summed E-state index contributed by atoms with van der Waals surface area (Å²) >= 11 is 2.06. The highest BCUT2D eigenvalue weighted by Gasteiger charge is 2.08.